The Morgan fingerprint density at radius 2 is 1.04 bits per heavy atom. The van der Waals surface area contributed by atoms with Crippen molar-refractivity contribution in [1.82, 2.24) is 39.5 Å². The van der Waals surface area contributed by atoms with Gasteiger partial charge in [0.2, 0.25) is 0 Å². The molecular formula is C39H34N12O. The van der Waals surface area contributed by atoms with Gasteiger partial charge in [-0.2, -0.15) is 10.2 Å². The van der Waals surface area contributed by atoms with Gasteiger partial charge in [-0.1, -0.05) is 48.5 Å². The number of hydrogen-bond acceptors (Lipinski definition) is 9. The van der Waals surface area contributed by atoms with Crippen LogP contribution in [0.4, 0.5) is 28.1 Å². The first-order valence-corrected chi connectivity index (χ1v) is 16.1. The predicted octanol–water partition coefficient (Wildman–Crippen LogP) is 7.15. The van der Waals surface area contributed by atoms with Crippen LogP contribution in [0.5, 0.6) is 0 Å². The molecule has 0 aliphatic rings. The second-order valence-corrected chi connectivity index (χ2v) is 10.9. The molecule has 0 aliphatic carbocycles. The molecule has 13 nitrogen and oxygen atoms in total. The minimum Gasteiger partial charge on any atom is -0.384 e. The summed E-state index contributed by atoms with van der Waals surface area (Å²) in [4.78, 5) is 28.3. The van der Waals surface area contributed by atoms with Crippen molar-refractivity contribution >= 4 is 29.3 Å². The standard InChI is InChI=1S/C20H16N6O.C14H12N4.C5H6N2/c27-20(23-18-8-4-5-11-22-18)24-19-14-17(15-9-12-21-13-10-15)25-26(19)16-6-2-1-3-7-16;15-14-10-13(11-6-8-16-9-7-11)17-18(14)12-4-2-1-3-5-12;6-5-3-1-2-4-7-5/h1-14H,(H2,22,23,24,27);1-10H,15H2;1-4H,(H2,6,7). The molecule has 13 heteroatoms. The van der Waals surface area contributed by atoms with Gasteiger partial charge in [0.05, 0.1) is 22.8 Å². The smallest absolute Gasteiger partial charge is 0.326 e. The number of para-hydroxylation sites is 2. The summed E-state index contributed by atoms with van der Waals surface area (Å²) in [6.07, 6.45) is 10.2. The van der Waals surface area contributed by atoms with Gasteiger partial charge in [-0.3, -0.25) is 20.6 Å². The van der Waals surface area contributed by atoms with E-state index in [-0.39, 0.29) is 0 Å². The zero-order valence-corrected chi connectivity index (χ0v) is 27.8. The average Bonchev–Trinajstić information content (AvgIpc) is 3.81. The van der Waals surface area contributed by atoms with Crippen molar-refractivity contribution in [2.75, 3.05) is 22.1 Å². The maximum Gasteiger partial charge on any atom is 0.326 e. The lowest BCUT2D eigenvalue weighted by atomic mass is 10.2. The van der Waals surface area contributed by atoms with Crippen LogP contribution in [0.2, 0.25) is 0 Å². The Hall–Kier alpha value is -7.67. The number of nitrogen functional groups attached to an aromatic ring is 2. The molecule has 0 spiro atoms. The SMILES string of the molecule is Nc1cc(-c2ccncc2)nn1-c1ccccc1.Nc1ccccn1.O=C(Nc1ccccn1)Nc1cc(-c2ccncc2)nn1-c1ccccc1. The third-order valence-electron chi connectivity index (χ3n) is 7.24. The quantitative estimate of drug-likeness (QED) is 0.141. The minimum atomic E-state index is -0.396. The van der Waals surface area contributed by atoms with E-state index >= 15 is 0 Å². The van der Waals surface area contributed by atoms with Crippen molar-refractivity contribution in [3.63, 3.8) is 0 Å². The van der Waals surface area contributed by atoms with E-state index in [1.807, 2.05) is 109 Å². The van der Waals surface area contributed by atoms with Gasteiger partial charge in [0.15, 0.2) is 0 Å². The average molecular weight is 687 g/mol. The zero-order chi connectivity index (χ0) is 36.0. The molecule has 0 bridgehead atoms. The molecule has 0 saturated heterocycles. The van der Waals surface area contributed by atoms with E-state index in [4.69, 9.17) is 11.5 Å². The summed E-state index contributed by atoms with van der Waals surface area (Å²) in [5.41, 5.74) is 16.5. The highest BCUT2D eigenvalue weighted by Crippen LogP contribution is 2.25. The van der Waals surface area contributed by atoms with Crippen LogP contribution in [0.3, 0.4) is 0 Å². The van der Waals surface area contributed by atoms with Crippen molar-refractivity contribution < 1.29 is 4.79 Å². The number of nitrogens with two attached hydrogens (primary N) is 2. The summed E-state index contributed by atoms with van der Waals surface area (Å²) in [5.74, 6) is 2.20. The molecule has 52 heavy (non-hydrogen) atoms. The number of urea groups is 1. The van der Waals surface area contributed by atoms with Gasteiger partial charge in [-0.05, 0) is 72.8 Å². The Labute approximate surface area is 299 Å². The first-order chi connectivity index (χ1) is 25.5. The molecule has 2 amide bonds. The van der Waals surface area contributed by atoms with E-state index in [0.717, 1.165) is 33.9 Å². The number of benzene rings is 2. The van der Waals surface area contributed by atoms with E-state index in [2.05, 4.69) is 40.8 Å². The van der Waals surface area contributed by atoms with Gasteiger partial charge in [0.25, 0.3) is 0 Å². The van der Waals surface area contributed by atoms with Crippen LogP contribution in [0.15, 0.2) is 171 Å². The number of anilines is 4. The lowest BCUT2D eigenvalue weighted by Gasteiger charge is -2.09. The molecular weight excluding hydrogens is 653 g/mol. The van der Waals surface area contributed by atoms with Gasteiger partial charge in [0, 0.05) is 60.4 Å². The number of rotatable bonds is 6. The van der Waals surface area contributed by atoms with Crippen LogP contribution in [0.25, 0.3) is 33.9 Å². The van der Waals surface area contributed by atoms with Crippen LogP contribution in [-0.2, 0) is 0 Å². The third-order valence-corrected chi connectivity index (χ3v) is 7.24. The zero-order valence-electron chi connectivity index (χ0n) is 27.8. The fourth-order valence-electron chi connectivity index (χ4n) is 4.81. The lowest BCUT2D eigenvalue weighted by Crippen LogP contribution is -2.21. The fraction of sp³-hybridized carbons (Fsp3) is 0. The van der Waals surface area contributed by atoms with Crippen LogP contribution in [0.1, 0.15) is 0 Å². The monoisotopic (exact) mass is 686 g/mol. The van der Waals surface area contributed by atoms with Crippen molar-refractivity contribution in [1.29, 1.82) is 0 Å². The largest absolute Gasteiger partial charge is 0.384 e. The highest BCUT2D eigenvalue weighted by molar-refractivity contribution is 5.99. The first kappa shape index (κ1) is 34.2. The minimum absolute atomic E-state index is 0.396. The van der Waals surface area contributed by atoms with Gasteiger partial charge in [-0.25, -0.2) is 24.1 Å². The number of nitrogens with one attached hydrogen (secondary N) is 2. The van der Waals surface area contributed by atoms with E-state index in [1.54, 1.807) is 70.8 Å². The molecule has 0 fully saturated rings. The van der Waals surface area contributed by atoms with Gasteiger partial charge in [-0.15, -0.1) is 0 Å². The maximum atomic E-state index is 12.4. The Morgan fingerprint density at radius 3 is 1.56 bits per heavy atom. The van der Waals surface area contributed by atoms with Crippen molar-refractivity contribution in [2.24, 2.45) is 0 Å². The highest BCUT2D eigenvalue weighted by atomic mass is 16.2. The van der Waals surface area contributed by atoms with E-state index in [1.165, 1.54) is 0 Å². The second-order valence-electron chi connectivity index (χ2n) is 10.9. The predicted molar refractivity (Wildman–Crippen MR) is 204 cm³/mol. The number of amides is 2. The summed E-state index contributed by atoms with van der Waals surface area (Å²) in [6.45, 7) is 0. The molecule has 8 aromatic rings. The molecule has 6 heterocycles. The Bertz CT molecular complexity index is 2270. The van der Waals surface area contributed by atoms with Crippen LogP contribution in [0, 0.1) is 0 Å². The number of carbonyl (C=O) groups excluding carboxylic acids is 1. The number of pyridine rings is 4. The van der Waals surface area contributed by atoms with Gasteiger partial charge in [0.1, 0.15) is 23.3 Å². The normalized spacial score (nSPS) is 10.2. The number of hydrogen-bond donors (Lipinski definition) is 4. The summed E-state index contributed by atoms with van der Waals surface area (Å²) < 4.78 is 3.42. The molecule has 0 atom stereocenters. The Kier molecular flexibility index (Phi) is 11.3. The van der Waals surface area contributed by atoms with Crippen LogP contribution < -0.4 is 22.1 Å². The number of aromatic nitrogens is 8. The maximum absolute atomic E-state index is 12.4. The summed E-state index contributed by atoms with van der Waals surface area (Å²) >= 11 is 0. The summed E-state index contributed by atoms with van der Waals surface area (Å²) in [5, 5.41) is 14.7. The van der Waals surface area contributed by atoms with E-state index in [0.29, 0.717) is 23.3 Å². The van der Waals surface area contributed by atoms with Crippen LogP contribution >= 0.6 is 0 Å². The molecule has 6 N–H and O–H groups in total. The third kappa shape index (κ3) is 9.27. The van der Waals surface area contributed by atoms with Crippen molar-refractivity contribution in [3.8, 4) is 33.9 Å². The fourth-order valence-corrected chi connectivity index (χ4v) is 4.81. The Balaban J connectivity index is 0.000000158. The Morgan fingerprint density at radius 1 is 0.519 bits per heavy atom. The van der Waals surface area contributed by atoms with Crippen molar-refractivity contribution in [2.45, 2.75) is 0 Å². The molecule has 0 aliphatic heterocycles. The molecule has 2 aromatic carbocycles. The molecule has 0 unspecified atom stereocenters. The van der Waals surface area contributed by atoms with E-state index < -0.39 is 6.03 Å². The number of nitrogens with zero attached hydrogens (tertiary/aromatic N) is 8. The topological polar surface area (TPSA) is 180 Å². The molecule has 0 saturated carbocycles. The molecule has 8 rings (SSSR count). The summed E-state index contributed by atoms with van der Waals surface area (Å²) in [7, 11) is 0. The van der Waals surface area contributed by atoms with Gasteiger partial charge < -0.3 is 11.5 Å². The number of carbonyl (C=O) groups is 1. The summed E-state index contributed by atoms with van der Waals surface area (Å²) in [6, 6.07) is 41.0. The van der Waals surface area contributed by atoms with E-state index in [9.17, 15) is 4.79 Å². The van der Waals surface area contributed by atoms with Gasteiger partial charge >= 0.3 is 6.03 Å². The molecule has 6 aromatic heterocycles. The second kappa shape index (κ2) is 17.1. The molecule has 256 valence electrons. The molecule has 0 radical (unpaired) electrons. The lowest BCUT2D eigenvalue weighted by molar-refractivity contribution is 0.262. The first-order valence-electron chi connectivity index (χ1n) is 16.1. The highest BCUT2D eigenvalue weighted by Gasteiger charge is 2.14. The van der Waals surface area contributed by atoms with Crippen LogP contribution in [-0.4, -0.2) is 45.5 Å². The van der Waals surface area contributed by atoms with Crippen molar-refractivity contribution in [3.05, 3.63) is 171 Å².